The number of hydrogen-bond acceptors (Lipinski definition) is 1. The van der Waals surface area contributed by atoms with E-state index in [2.05, 4.69) is 35.8 Å². The van der Waals surface area contributed by atoms with Crippen LogP contribution in [0.5, 0.6) is 0 Å². The Labute approximate surface area is 112 Å². The van der Waals surface area contributed by atoms with E-state index in [1.54, 1.807) is 0 Å². The summed E-state index contributed by atoms with van der Waals surface area (Å²) < 4.78 is 0. The van der Waals surface area contributed by atoms with Gasteiger partial charge in [0.05, 0.1) is 0 Å². The van der Waals surface area contributed by atoms with E-state index in [-0.39, 0.29) is 5.91 Å². The number of hydrogen-bond donors (Lipinski definition) is 1. The summed E-state index contributed by atoms with van der Waals surface area (Å²) in [6.07, 6.45) is 5.39. The van der Waals surface area contributed by atoms with Gasteiger partial charge in [-0.05, 0) is 24.1 Å². The minimum atomic E-state index is 0.256. The molecule has 3 heteroatoms. The number of aromatic amines is 1. The van der Waals surface area contributed by atoms with Gasteiger partial charge in [0.15, 0.2) is 0 Å². The zero-order valence-corrected chi connectivity index (χ0v) is 10.9. The van der Waals surface area contributed by atoms with Crippen LogP contribution in [0.1, 0.15) is 12.0 Å². The minimum absolute atomic E-state index is 0.256. The van der Waals surface area contributed by atoms with E-state index in [9.17, 15) is 4.79 Å². The van der Waals surface area contributed by atoms with Gasteiger partial charge in [-0.1, -0.05) is 18.2 Å². The smallest absolute Gasteiger partial charge is 0.223 e. The number of carbonyl (C=O) groups is 1. The number of benzene rings is 1. The number of aromatic nitrogens is 1. The molecule has 1 aromatic heterocycles. The highest BCUT2D eigenvalue weighted by atomic mass is 16.2. The van der Waals surface area contributed by atoms with Gasteiger partial charge < -0.3 is 9.88 Å². The van der Waals surface area contributed by atoms with Crippen LogP contribution in [0.3, 0.4) is 0 Å². The second-order valence-corrected chi connectivity index (χ2v) is 5.15. The summed E-state index contributed by atoms with van der Waals surface area (Å²) in [7, 11) is 0. The summed E-state index contributed by atoms with van der Waals surface area (Å²) in [6, 6.07) is 8.38. The highest BCUT2D eigenvalue weighted by molar-refractivity contribution is 5.83. The minimum Gasteiger partial charge on any atom is -0.361 e. The zero-order chi connectivity index (χ0) is 13.2. The average molecular weight is 254 g/mol. The van der Waals surface area contributed by atoms with Crippen molar-refractivity contribution in [3.63, 3.8) is 0 Å². The molecule has 1 aromatic carbocycles. The van der Waals surface area contributed by atoms with Gasteiger partial charge in [0, 0.05) is 42.5 Å². The molecule has 0 bridgehead atoms. The Bertz CT molecular complexity index is 614. The van der Waals surface area contributed by atoms with Crippen LogP contribution in [-0.2, 0) is 11.2 Å². The molecule has 98 valence electrons. The molecule has 0 spiro atoms. The lowest BCUT2D eigenvalue weighted by Crippen LogP contribution is -2.27. The molecule has 3 rings (SSSR count). The molecule has 19 heavy (non-hydrogen) atoms. The maximum atomic E-state index is 11.9. The first kappa shape index (κ1) is 12.0. The predicted octanol–water partition coefficient (Wildman–Crippen LogP) is 2.74. The number of carbonyl (C=O) groups excluding carboxylic acids is 1. The van der Waals surface area contributed by atoms with Gasteiger partial charge in [0.1, 0.15) is 0 Å². The first-order valence-corrected chi connectivity index (χ1v) is 6.73. The zero-order valence-electron chi connectivity index (χ0n) is 10.9. The SMILES string of the molecule is C=CC1CC(=O)N(CCc2cccc3[nH]ccc23)C1. The van der Waals surface area contributed by atoms with Crippen molar-refractivity contribution in [2.75, 3.05) is 13.1 Å². The van der Waals surface area contributed by atoms with Crippen molar-refractivity contribution in [3.8, 4) is 0 Å². The second kappa shape index (κ2) is 4.92. The Morgan fingerprint density at radius 1 is 1.42 bits per heavy atom. The van der Waals surface area contributed by atoms with Crippen molar-refractivity contribution < 1.29 is 4.79 Å². The van der Waals surface area contributed by atoms with E-state index in [0.717, 1.165) is 25.0 Å². The predicted molar refractivity (Wildman–Crippen MR) is 76.9 cm³/mol. The molecule has 1 N–H and O–H groups in total. The van der Waals surface area contributed by atoms with E-state index in [0.29, 0.717) is 12.3 Å². The van der Waals surface area contributed by atoms with Crippen molar-refractivity contribution in [1.82, 2.24) is 9.88 Å². The van der Waals surface area contributed by atoms with Crippen molar-refractivity contribution >= 4 is 16.8 Å². The molecule has 0 aliphatic carbocycles. The third-order valence-corrected chi connectivity index (χ3v) is 3.91. The molecule has 1 unspecified atom stereocenters. The molecular weight excluding hydrogens is 236 g/mol. The van der Waals surface area contributed by atoms with Gasteiger partial charge in [0.2, 0.25) is 5.91 Å². The van der Waals surface area contributed by atoms with Gasteiger partial charge in [-0.2, -0.15) is 0 Å². The molecule has 2 aromatic rings. The van der Waals surface area contributed by atoms with E-state index < -0.39 is 0 Å². The molecule has 1 amide bonds. The summed E-state index contributed by atoms with van der Waals surface area (Å²) in [6.45, 7) is 5.40. The first-order chi connectivity index (χ1) is 9.28. The topological polar surface area (TPSA) is 36.1 Å². The Balaban J connectivity index is 1.71. The third-order valence-electron chi connectivity index (χ3n) is 3.91. The van der Waals surface area contributed by atoms with Crippen LogP contribution in [0.2, 0.25) is 0 Å². The quantitative estimate of drug-likeness (QED) is 0.837. The summed E-state index contributed by atoms with van der Waals surface area (Å²) in [5.74, 6) is 0.585. The van der Waals surface area contributed by atoms with Crippen molar-refractivity contribution in [2.24, 2.45) is 5.92 Å². The van der Waals surface area contributed by atoms with Gasteiger partial charge in [-0.3, -0.25) is 4.79 Å². The van der Waals surface area contributed by atoms with Crippen molar-refractivity contribution in [3.05, 3.63) is 48.7 Å². The van der Waals surface area contributed by atoms with Crippen LogP contribution < -0.4 is 0 Å². The van der Waals surface area contributed by atoms with Gasteiger partial charge in [0.25, 0.3) is 0 Å². The maximum Gasteiger partial charge on any atom is 0.223 e. The third kappa shape index (κ3) is 2.28. The normalized spacial score (nSPS) is 19.3. The fourth-order valence-corrected chi connectivity index (χ4v) is 2.80. The van der Waals surface area contributed by atoms with Gasteiger partial charge in [-0.15, -0.1) is 6.58 Å². The number of amides is 1. The van der Waals surface area contributed by atoms with E-state index >= 15 is 0 Å². The Kier molecular flexibility index (Phi) is 3.11. The molecule has 0 radical (unpaired) electrons. The molecule has 1 aliphatic rings. The van der Waals surface area contributed by atoms with Crippen LogP contribution in [0.25, 0.3) is 10.9 Å². The lowest BCUT2D eigenvalue weighted by Gasteiger charge is -2.16. The lowest BCUT2D eigenvalue weighted by atomic mass is 10.1. The number of likely N-dealkylation sites (tertiary alicyclic amines) is 1. The fraction of sp³-hybridized carbons (Fsp3) is 0.312. The van der Waals surface area contributed by atoms with Gasteiger partial charge in [-0.25, -0.2) is 0 Å². The largest absolute Gasteiger partial charge is 0.361 e. The van der Waals surface area contributed by atoms with Crippen LogP contribution in [0.15, 0.2) is 43.1 Å². The Morgan fingerprint density at radius 3 is 3.11 bits per heavy atom. The van der Waals surface area contributed by atoms with Gasteiger partial charge >= 0.3 is 0 Å². The van der Waals surface area contributed by atoms with Crippen LogP contribution in [-0.4, -0.2) is 28.9 Å². The number of nitrogens with one attached hydrogen (secondary N) is 1. The van der Waals surface area contributed by atoms with Crippen LogP contribution in [0.4, 0.5) is 0 Å². The molecule has 1 saturated heterocycles. The summed E-state index contributed by atoms with van der Waals surface area (Å²) >= 11 is 0. The van der Waals surface area contributed by atoms with Crippen molar-refractivity contribution in [2.45, 2.75) is 12.8 Å². The average Bonchev–Trinajstić information content (AvgIpc) is 3.02. The molecule has 1 aliphatic heterocycles. The number of fused-ring (bicyclic) bond motifs is 1. The number of nitrogens with zero attached hydrogens (tertiary/aromatic N) is 1. The van der Waals surface area contributed by atoms with E-state index in [1.165, 1.54) is 10.9 Å². The highest BCUT2D eigenvalue weighted by Crippen LogP contribution is 2.21. The number of rotatable bonds is 4. The highest BCUT2D eigenvalue weighted by Gasteiger charge is 2.26. The maximum absolute atomic E-state index is 11.9. The molecule has 3 nitrogen and oxygen atoms in total. The van der Waals surface area contributed by atoms with Crippen LogP contribution >= 0.6 is 0 Å². The first-order valence-electron chi connectivity index (χ1n) is 6.73. The van der Waals surface area contributed by atoms with Crippen LogP contribution in [0, 0.1) is 5.92 Å². The molecule has 1 atom stereocenters. The summed E-state index contributed by atoms with van der Waals surface area (Å²) in [5.41, 5.74) is 2.46. The summed E-state index contributed by atoms with van der Waals surface area (Å²) in [5, 5.41) is 1.26. The lowest BCUT2D eigenvalue weighted by molar-refractivity contribution is -0.127. The molecule has 2 heterocycles. The molecular formula is C16H18N2O. The Hall–Kier alpha value is -2.03. The molecule has 1 fully saturated rings. The van der Waals surface area contributed by atoms with E-state index in [4.69, 9.17) is 0 Å². The fourth-order valence-electron chi connectivity index (χ4n) is 2.80. The Morgan fingerprint density at radius 2 is 2.32 bits per heavy atom. The van der Waals surface area contributed by atoms with Crippen molar-refractivity contribution in [1.29, 1.82) is 0 Å². The number of H-pyrrole nitrogens is 1. The van der Waals surface area contributed by atoms with E-state index in [1.807, 2.05) is 17.2 Å². The monoisotopic (exact) mass is 254 g/mol. The second-order valence-electron chi connectivity index (χ2n) is 5.15. The molecule has 0 saturated carbocycles. The summed E-state index contributed by atoms with van der Waals surface area (Å²) in [4.78, 5) is 17.0. The standard InChI is InChI=1S/C16H18N2O/c1-2-12-10-16(19)18(11-12)9-7-13-4-3-5-15-14(13)6-8-17-15/h2-6,8,12,17H,1,7,9-11H2.